The Balaban J connectivity index is 0.000000461. The van der Waals surface area contributed by atoms with Crippen LogP contribution in [0.2, 0.25) is 0 Å². The van der Waals surface area contributed by atoms with Crippen LogP contribution in [0, 0.1) is 0 Å². The van der Waals surface area contributed by atoms with Crippen molar-refractivity contribution in [2.45, 2.75) is 39.7 Å². The van der Waals surface area contributed by atoms with Crippen LogP contribution in [0.15, 0.2) is 0 Å². The molecule has 0 aromatic heterocycles. The molecule has 2 heteroatoms. The summed E-state index contributed by atoms with van der Waals surface area (Å²) in [7, 11) is 0. The van der Waals surface area contributed by atoms with Gasteiger partial charge in [-0.3, -0.25) is 4.90 Å². The van der Waals surface area contributed by atoms with E-state index < -0.39 is 0 Å². The van der Waals surface area contributed by atoms with Gasteiger partial charge >= 0.3 is 0 Å². The van der Waals surface area contributed by atoms with Crippen molar-refractivity contribution in [3.8, 4) is 0 Å². The molecule has 0 spiro atoms. The number of rotatable bonds is 2. The zero-order valence-corrected chi connectivity index (χ0v) is 8.14. The molecule has 1 saturated heterocycles. The van der Waals surface area contributed by atoms with E-state index in [0.29, 0.717) is 6.04 Å². The molecule has 1 atom stereocenters. The number of hydrogen-bond acceptors (Lipinski definition) is 2. The van der Waals surface area contributed by atoms with Crippen molar-refractivity contribution < 1.29 is 0 Å². The Kier molecular flexibility index (Phi) is 6.57. The van der Waals surface area contributed by atoms with Crippen LogP contribution in [0.3, 0.4) is 0 Å². The van der Waals surface area contributed by atoms with Crippen LogP contribution in [-0.2, 0) is 0 Å². The minimum Gasteiger partial charge on any atom is -0.329 e. The van der Waals surface area contributed by atoms with E-state index in [1.54, 1.807) is 0 Å². The first kappa shape index (κ1) is 10.9. The van der Waals surface area contributed by atoms with Crippen LogP contribution in [0.5, 0.6) is 0 Å². The summed E-state index contributed by atoms with van der Waals surface area (Å²) in [6, 6.07) is 0.690. The fraction of sp³-hybridized carbons (Fsp3) is 1.00. The van der Waals surface area contributed by atoms with E-state index in [9.17, 15) is 0 Å². The molecular weight excluding hydrogens is 136 g/mol. The van der Waals surface area contributed by atoms with Gasteiger partial charge in [0.25, 0.3) is 0 Å². The van der Waals surface area contributed by atoms with E-state index in [4.69, 9.17) is 5.73 Å². The van der Waals surface area contributed by atoms with Crippen molar-refractivity contribution in [2.75, 3.05) is 19.6 Å². The maximum atomic E-state index is 5.56. The summed E-state index contributed by atoms with van der Waals surface area (Å²) < 4.78 is 0. The zero-order valence-electron chi connectivity index (χ0n) is 8.14. The fourth-order valence-electron chi connectivity index (χ4n) is 1.58. The second-order valence-electron chi connectivity index (χ2n) is 2.66. The topological polar surface area (TPSA) is 29.3 Å². The quantitative estimate of drug-likeness (QED) is 0.659. The minimum absolute atomic E-state index is 0.690. The molecule has 1 fully saturated rings. The van der Waals surface area contributed by atoms with Crippen LogP contribution in [-0.4, -0.2) is 30.6 Å². The first-order valence-electron chi connectivity index (χ1n) is 4.82. The largest absolute Gasteiger partial charge is 0.329 e. The number of likely N-dealkylation sites (N-methyl/N-ethyl adjacent to an activating group) is 1. The third-order valence-electron chi connectivity index (χ3n) is 2.18. The SMILES string of the molecule is CC.CCN1CCCC1CN. The molecule has 11 heavy (non-hydrogen) atoms. The molecule has 1 heterocycles. The monoisotopic (exact) mass is 158 g/mol. The van der Waals surface area contributed by atoms with Crippen LogP contribution in [0.4, 0.5) is 0 Å². The first-order valence-corrected chi connectivity index (χ1v) is 4.82. The lowest BCUT2D eigenvalue weighted by Crippen LogP contribution is -2.34. The number of hydrogen-bond donors (Lipinski definition) is 1. The predicted octanol–water partition coefficient (Wildman–Crippen LogP) is 1.46. The van der Waals surface area contributed by atoms with Crippen LogP contribution >= 0.6 is 0 Å². The van der Waals surface area contributed by atoms with E-state index in [1.807, 2.05) is 13.8 Å². The van der Waals surface area contributed by atoms with Crippen molar-refractivity contribution in [1.29, 1.82) is 0 Å². The molecule has 1 aliphatic heterocycles. The first-order chi connectivity index (χ1) is 5.38. The van der Waals surface area contributed by atoms with Crippen molar-refractivity contribution in [2.24, 2.45) is 5.73 Å². The average molecular weight is 158 g/mol. The summed E-state index contributed by atoms with van der Waals surface area (Å²) in [4.78, 5) is 2.46. The molecular formula is C9H22N2. The molecule has 1 rings (SSSR count). The summed E-state index contributed by atoms with van der Waals surface area (Å²) in [5.41, 5.74) is 5.56. The molecule has 0 amide bonds. The Bertz CT molecular complexity index is 73.6. The molecule has 0 aromatic carbocycles. The van der Waals surface area contributed by atoms with Gasteiger partial charge in [-0.05, 0) is 25.9 Å². The molecule has 0 aromatic rings. The molecule has 2 N–H and O–H groups in total. The molecule has 1 unspecified atom stereocenters. The van der Waals surface area contributed by atoms with Gasteiger partial charge in [0.05, 0.1) is 0 Å². The van der Waals surface area contributed by atoms with E-state index >= 15 is 0 Å². The summed E-state index contributed by atoms with van der Waals surface area (Å²) in [6.45, 7) is 9.47. The van der Waals surface area contributed by atoms with Crippen LogP contribution in [0.1, 0.15) is 33.6 Å². The lowest BCUT2D eigenvalue weighted by atomic mass is 10.2. The second kappa shape index (κ2) is 6.62. The summed E-state index contributed by atoms with van der Waals surface area (Å²) in [5, 5.41) is 0. The van der Waals surface area contributed by atoms with Crippen molar-refractivity contribution in [3.63, 3.8) is 0 Å². The van der Waals surface area contributed by atoms with Crippen molar-refractivity contribution >= 4 is 0 Å². The van der Waals surface area contributed by atoms with Gasteiger partial charge in [-0.2, -0.15) is 0 Å². The Morgan fingerprint density at radius 1 is 1.45 bits per heavy atom. The lowest BCUT2D eigenvalue weighted by molar-refractivity contribution is 0.272. The van der Waals surface area contributed by atoms with Gasteiger partial charge in [-0.15, -0.1) is 0 Å². The van der Waals surface area contributed by atoms with Crippen LogP contribution < -0.4 is 5.73 Å². The van der Waals surface area contributed by atoms with Gasteiger partial charge in [0.2, 0.25) is 0 Å². The van der Waals surface area contributed by atoms with Gasteiger partial charge < -0.3 is 5.73 Å². The van der Waals surface area contributed by atoms with E-state index in [2.05, 4.69) is 11.8 Å². The third-order valence-corrected chi connectivity index (χ3v) is 2.18. The molecule has 0 aliphatic carbocycles. The van der Waals surface area contributed by atoms with E-state index in [1.165, 1.54) is 25.9 Å². The normalized spacial score (nSPS) is 24.5. The minimum atomic E-state index is 0.690. The summed E-state index contributed by atoms with van der Waals surface area (Å²) >= 11 is 0. The van der Waals surface area contributed by atoms with E-state index in [-0.39, 0.29) is 0 Å². The van der Waals surface area contributed by atoms with Gasteiger partial charge in [-0.1, -0.05) is 20.8 Å². The number of nitrogens with zero attached hydrogens (tertiary/aromatic N) is 1. The number of likely N-dealkylation sites (tertiary alicyclic amines) is 1. The molecule has 0 radical (unpaired) electrons. The van der Waals surface area contributed by atoms with Gasteiger partial charge in [0.15, 0.2) is 0 Å². The molecule has 2 nitrogen and oxygen atoms in total. The highest BCUT2D eigenvalue weighted by atomic mass is 15.2. The van der Waals surface area contributed by atoms with Crippen molar-refractivity contribution in [3.05, 3.63) is 0 Å². The Hall–Kier alpha value is -0.0800. The lowest BCUT2D eigenvalue weighted by Gasteiger charge is -2.20. The highest BCUT2D eigenvalue weighted by molar-refractivity contribution is 4.78. The van der Waals surface area contributed by atoms with Gasteiger partial charge in [0, 0.05) is 12.6 Å². The number of nitrogens with two attached hydrogens (primary N) is 1. The zero-order chi connectivity index (χ0) is 8.69. The summed E-state index contributed by atoms with van der Waals surface area (Å²) in [6.07, 6.45) is 2.65. The Morgan fingerprint density at radius 3 is 2.45 bits per heavy atom. The smallest absolute Gasteiger partial charge is 0.0218 e. The maximum Gasteiger partial charge on any atom is 0.0218 e. The van der Waals surface area contributed by atoms with Gasteiger partial charge in [-0.25, -0.2) is 0 Å². The van der Waals surface area contributed by atoms with Crippen molar-refractivity contribution in [1.82, 2.24) is 4.90 Å². The van der Waals surface area contributed by atoms with Gasteiger partial charge in [0.1, 0.15) is 0 Å². The Labute approximate surface area is 70.8 Å². The third kappa shape index (κ3) is 3.21. The molecule has 0 bridgehead atoms. The van der Waals surface area contributed by atoms with Crippen LogP contribution in [0.25, 0.3) is 0 Å². The predicted molar refractivity (Wildman–Crippen MR) is 50.7 cm³/mol. The maximum absolute atomic E-state index is 5.56. The Morgan fingerprint density at radius 2 is 2.09 bits per heavy atom. The fourth-order valence-corrected chi connectivity index (χ4v) is 1.58. The highest BCUT2D eigenvalue weighted by Crippen LogP contribution is 2.14. The second-order valence-corrected chi connectivity index (χ2v) is 2.66. The van der Waals surface area contributed by atoms with E-state index in [0.717, 1.165) is 6.54 Å². The highest BCUT2D eigenvalue weighted by Gasteiger charge is 2.20. The summed E-state index contributed by atoms with van der Waals surface area (Å²) in [5.74, 6) is 0. The standard InChI is InChI=1S/C7H16N2.C2H6/c1-2-9-5-3-4-7(9)6-8;1-2/h7H,2-6,8H2,1H3;1-2H3. The molecule has 68 valence electrons. The average Bonchev–Trinajstić information content (AvgIpc) is 2.54. The molecule has 1 aliphatic rings. The molecule has 0 saturated carbocycles.